The average Bonchev–Trinajstić information content (AvgIpc) is 2.30. The molecule has 1 aromatic carbocycles. The lowest BCUT2D eigenvalue weighted by molar-refractivity contribution is -0.274. The predicted molar refractivity (Wildman–Crippen MR) is 71.5 cm³/mol. The minimum atomic E-state index is -4.64. The van der Waals surface area contributed by atoms with Crippen LogP contribution in [-0.2, 0) is 0 Å². The van der Waals surface area contributed by atoms with Crippen molar-refractivity contribution in [2.24, 2.45) is 5.92 Å². The second kappa shape index (κ2) is 6.48. The number of halogens is 3. The van der Waals surface area contributed by atoms with Crippen molar-refractivity contribution in [1.82, 2.24) is 5.32 Å². The molecule has 0 saturated heterocycles. The Kier molecular flexibility index (Phi) is 4.91. The fraction of sp³-hybridized carbons (Fsp3) is 0.600. The first-order valence-electron chi connectivity index (χ1n) is 7.08. The van der Waals surface area contributed by atoms with Crippen LogP contribution in [0, 0.1) is 5.92 Å². The molecule has 0 aliphatic heterocycles. The summed E-state index contributed by atoms with van der Waals surface area (Å²) in [6, 6.07) is 6.46. The average molecular weight is 287 g/mol. The summed E-state index contributed by atoms with van der Waals surface area (Å²) in [6.45, 7) is 2.94. The fourth-order valence-electron chi connectivity index (χ4n) is 2.53. The molecule has 20 heavy (non-hydrogen) atoms. The van der Waals surface area contributed by atoms with Gasteiger partial charge in [-0.3, -0.25) is 0 Å². The molecule has 0 heterocycles. The quantitative estimate of drug-likeness (QED) is 0.836. The van der Waals surface area contributed by atoms with Gasteiger partial charge < -0.3 is 10.1 Å². The van der Waals surface area contributed by atoms with Gasteiger partial charge in [0.2, 0.25) is 0 Å². The maximum atomic E-state index is 12.3. The molecule has 112 valence electrons. The Bertz CT molecular complexity index is 429. The summed E-state index contributed by atoms with van der Waals surface area (Å²) in [5.41, 5.74) is 0.880. The zero-order valence-corrected chi connectivity index (χ0v) is 11.5. The van der Waals surface area contributed by atoms with Crippen LogP contribution in [0.15, 0.2) is 24.3 Å². The van der Waals surface area contributed by atoms with Crippen LogP contribution in [-0.4, -0.2) is 12.9 Å². The first-order valence-corrected chi connectivity index (χ1v) is 7.08. The Morgan fingerprint density at radius 1 is 1.35 bits per heavy atom. The van der Waals surface area contributed by atoms with E-state index in [2.05, 4.69) is 17.0 Å². The number of nitrogens with one attached hydrogen (secondary N) is 1. The maximum Gasteiger partial charge on any atom is 0.573 e. The summed E-state index contributed by atoms with van der Waals surface area (Å²) in [5.74, 6) is 0.375. The number of hydrogen-bond acceptors (Lipinski definition) is 2. The van der Waals surface area contributed by atoms with Gasteiger partial charge in [0.15, 0.2) is 0 Å². The van der Waals surface area contributed by atoms with E-state index in [4.69, 9.17) is 0 Å². The molecule has 2 rings (SSSR count). The van der Waals surface area contributed by atoms with Gasteiger partial charge in [0.25, 0.3) is 0 Å². The van der Waals surface area contributed by atoms with Crippen molar-refractivity contribution in [3.63, 3.8) is 0 Å². The zero-order chi connectivity index (χ0) is 14.6. The highest BCUT2D eigenvalue weighted by molar-refractivity contribution is 5.31. The molecular formula is C15H20F3NO. The first-order chi connectivity index (χ1) is 9.49. The second-order valence-corrected chi connectivity index (χ2v) is 5.24. The van der Waals surface area contributed by atoms with Gasteiger partial charge >= 0.3 is 6.36 Å². The van der Waals surface area contributed by atoms with E-state index in [0.29, 0.717) is 5.92 Å². The van der Waals surface area contributed by atoms with E-state index in [1.54, 1.807) is 6.07 Å². The van der Waals surface area contributed by atoms with Crippen molar-refractivity contribution in [2.45, 2.75) is 45.0 Å². The molecule has 1 aliphatic carbocycles. The number of ether oxygens (including phenoxy) is 1. The van der Waals surface area contributed by atoms with Crippen LogP contribution in [0.5, 0.6) is 5.75 Å². The molecule has 0 bridgehead atoms. The fourth-order valence-corrected chi connectivity index (χ4v) is 2.53. The molecule has 5 heteroatoms. The van der Waals surface area contributed by atoms with Crippen molar-refractivity contribution in [2.75, 3.05) is 6.54 Å². The van der Waals surface area contributed by atoms with E-state index in [0.717, 1.165) is 31.4 Å². The van der Waals surface area contributed by atoms with Gasteiger partial charge in [0, 0.05) is 6.04 Å². The highest BCUT2D eigenvalue weighted by Gasteiger charge is 2.32. The summed E-state index contributed by atoms with van der Waals surface area (Å²) in [5, 5.41) is 3.44. The second-order valence-electron chi connectivity index (χ2n) is 5.24. The third-order valence-electron chi connectivity index (χ3n) is 3.69. The van der Waals surface area contributed by atoms with Crippen LogP contribution in [0.25, 0.3) is 0 Å². The number of alkyl halides is 3. The Labute approximate surface area is 117 Å². The zero-order valence-electron chi connectivity index (χ0n) is 11.5. The Hall–Kier alpha value is -1.23. The topological polar surface area (TPSA) is 21.3 Å². The molecule has 1 saturated carbocycles. The van der Waals surface area contributed by atoms with Crippen molar-refractivity contribution in [3.8, 4) is 5.75 Å². The van der Waals surface area contributed by atoms with Crippen LogP contribution in [0.2, 0.25) is 0 Å². The van der Waals surface area contributed by atoms with Gasteiger partial charge in [-0.1, -0.05) is 25.5 Å². The Morgan fingerprint density at radius 2 is 2.10 bits per heavy atom. The van der Waals surface area contributed by atoms with E-state index in [1.165, 1.54) is 18.6 Å². The highest BCUT2D eigenvalue weighted by Crippen LogP contribution is 2.38. The van der Waals surface area contributed by atoms with Crippen LogP contribution in [0.3, 0.4) is 0 Å². The SMILES string of the molecule is CCCNC(c1cccc(OC(F)(F)F)c1)C1CCC1. The molecule has 1 fully saturated rings. The van der Waals surface area contributed by atoms with Gasteiger partial charge in [-0.15, -0.1) is 13.2 Å². The molecule has 1 N–H and O–H groups in total. The molecule has 1 atom stereocenters. The minimum Gasteiger partial charge on any atom is -0.406 e. The molecule has 1 unspecified atom stereocenters. The highest BCUT2D eigenvalue weighted by atomic mass is 19.4. The summed E-state index contributed by atoms with van der Waals surface area (Å²) >= 11 is 0. The summed E-state index contributed by atoms with van der Waals surface area (Å²) < 4.78 is 40.8. The van der Waals surface area contributed by atoms with E-state index in [9.17, 15) is 13.2 Å². The number of hydrogen-bond donors (Lipinski definition) is 1. The Balaban J connectivity index is 2.13. The molecule has 0 spiro atoms. The lowest BCUT2D eigenvalue weighted by atomic mass is 9.77. The monoisotopic (exact) mass is 287 g/mol. The molecule has 1 aliphatic rings. The van der Waals surface area contributed by atoms with Crippen LogP contribution in [0.4, 0.5) is 13.2 Å². The summed E-state index contributed by atoms with van der Waals surface area (Å²) in [4.78, 5) is 0. The van der Waals surface area contributed by atoms with Gasteiger partial charge in [-0.2, -0.15) is 0 Å². The number of benzene rings is 1. The van der Waals surface area contributed by atoms with Gasteiger partial charge in [-0.05, 0) is 49.4 Å². The first kappa shape index (κ1) is 15.2. The van der Waals surface area contributed by atoms with E-state index in [1.807, 2.05) is 6.07 Å². The van der Waals surface area contributed by atoms with Crippen molar-refractivity contribution in [1.29, 1.82) is 0 Å². The molecule has 0 amide bonds. The van der Waals surface area contributed by atoms with Crippen LogP contribution < -0.4 is 10.1 Å². The largest absolute Gasteiger partial charge is 0.573 e. The van der Waals surface area contributed by atoms with E-state index >= 15 is 0 Å². The summed E-state index contributed by atoms with van der Waals surface area (Å²) in [6.07, 6.45) is -0.172. The van der Waals surface area contributed by atoms with E-state index in [-0.39, 0.29) is 11.8 Å². The van der Waals surface area contributed by atoms with Crippen molar-refractivity contribution >= 4 is 0 Å². The van der Waals surface area contributed by atoms with Crippen LogP contribution in [0.1, 0.15) is 44.2 Å². The Morgan fingerprint density at radius 3 is 2.65 bits per heavy atom. The molecule has 0 radical (unpaired) electrons. The summed E-state index contributed by atoms with van der Waals surface area (Å²) in [7, 11) is 0. The molecule has 0 aromatic heterocycles. The van der Waals surface area contributed by atoms with Crippen LogP contribution >= 0.6 is 0 Å². The van der Waals surface area contributed by atoms with Crippen molar-refractivity contribution in [3.05, 3.63) is 29.8 Å². The van der Waals surface area contributed by atoms with Crippen molar-refractivity contribution < 1.29 is 17.9 Å². The predicted octanol–water partition coefficient (Wildman–Crippen LogP) is 4.43. The smallest absolute Gasteiger partial charge is 0.406 e. The van der Waals surface area contributed by atoms with Gasteiger partial charge in [-0.25, -0.2) is 0 Å². The molecule has 1 aromatic rings. The lowest BCUT2D eigenvalue weighted by Crippen LogP contribution is -2.32. The molecule has 2 nitrogen and oxygen atoms in total. The van der Waals surface area contributed by atoms with Gasteiger partial charge in [0.1, 0.15) is 5.75 Å². The number of rotatable bonds is 6. The maximum absolute atomic E-state index is 12.3. The lowest BCUT2D eigenvalue weighted by Gasteiger charge is -2.35. The molecular weight excluding hydrogens is 267 g/mol. The van der Waals surface area contributed by atoms with Gasteiger partial charge in [0.05, 0.1) is 0 Å². The standard InChI is InChI=1S/C15H20F3NO/c1-2-9-19-14(11-5-3-6-11)12-7-4-8-13(10-12)20-15(16,17)18/h4,7-8,10-11,14,19H,2-3,5-6,9H2,1H3. The minimum absolute atomic E-state index is 0.125. The normalized spacial score (nSPS) is 17.6. The third-order valence-corrected chi connectivity index (χ3v) is 3.69. The third kappa shape index (κ3) is 4.13. The van der Waals surface area contributed by atoms with E-state index < -0.39 is 6.36 Å².